The second kappa shape index (κ2) is 8.99. The summed E-state index contributed by atoms with van der Waals surface area (Å²) in [6.45, 7) is 6.68. The molecule has 3 aromatic rings. The molecule has 0 saturated carbocycles. The Morgan fingerprint density at radius 1 is 1.04 bits per heavy atom. The molecule has 144 valence electrons. The highest BCUT2D eigenvalue weighted by atomic mass is 16.5. The molecule has 0 fully saturated rings. The smallest absolute Gasteiger partial charge is 0.274 e. The van der Waals surface area contributed by atoms with Crippen molar-refractivity contribution in [2.45, 2.75) is 26.7 Å². The molecular weight excluding hydrogens is 352 g/mol. The monoisotopic (exact) mass is 376 g/mol. The zero-order valence-corrected chi connectivity index (χ0v) is 16.3. The summed E-state index contributed by atoms with van der Waals surface area (Å²) in [5, 5.41) is 6.14. The van der Waals surface area contributed by atoms with Gasteiger partial charge in [-0.2, -0.15) is 0 Å². The van der Waals surface area contributed by atoms with Crippen LogP contribution in [0.4, 0.5) is 17.2 Å². The van der Waals surface area contributed by atoms with Crippen LogP contribution in [0.2, 0.25) is 0 Å². The van der Waals surface area contributed by atoms with Crippen LogP contribution in [0, 0.1) is 0 Å². The van der Waals surface area contributed by atoms with E-state index in [-0.39, 0.29) is 11.6 Å². The number of ether oxygens (including phenoxy) is 1. The average Bonchev–Trinajstić information content (AvgIpc) is 2.70. The molecule has 0 spiro atoms. The van der Waals surface area contributed by atoms with E-state index in [0.29, 0.717) is 29.8 Å². The van der Waals surface area contributed by atoms with Gasteiger partial charge in [-0.3, -0.25) is 4.79 Å². The third-order valence-corrected chi connectivity index (χ3v) is 4.18. The van der Waals surface area contributed by atoms with Gasteiger partial charge in [-0.25, -0.2) is 9.97 Å². The second-order valence-corrected chi connectivity index (χ2v) is 6.54. The average molecular weight is 376 g/mol. The van der Waals surface area contributed by atoms with E-state index in [9.17, 15) is 4.79 Å². The van der Waals surface area contributed by atoms with Crippen molar-refractivity contribution in [3.63, 3.8) is 0 Å². The molecule has 0 aliphatic rings. The lowest BCUT2D eigenvalue weighted by Gasteiger charge is -2.14. The minimum Gasteiger partial charge on any atom is -0.492 e. The summed E-state index contributed by atoms with van der Waals surface area (Å²) in [5.41, 5.74) is 3.01. The lowest BCUT2D eigenvalue weighted by atomic mass is 10.0. The second-order valence-electron chi connectivity index (χ2n) is 6.54. The molecule has 2 N–H and O–H groups in total. The number of nitrogens with zero attached hydrogens (tertiary/aromatic N) is 2. The molecule has 0 radical (unpaired) electrons. The summed E-state index contributed by atoms with van der Waals surface area (Å²) in [6, 6.07) is 17.0. The van der Waals surface area contributed by atoms with Crippen LogP contribution in [-0.2, 0) is 0 Å². The van der Waals surface area contributed by atoms with Gasteiger partial charge >= 0.3 is 0 Å². The lowest BCUT2D eigenvalue weighted by molar-refractivity contribution is 0.102. The molecule has 0 bridgehead atoms. The Labute approximate surface area is 165 Å². The summed E-state index contributed by atoms with van der Waals surface area (Å²) in [5.74, 6) is 1.22. The molecule has 28 heavy (non-hydrogen) atoms. The Balaban J connectivity index is 1.79. The maximum absolute atomic E-state index is 12.7. The molecular formula is C22H24N4O2. The van der Waals surface area contributed by atoms with Crippen molar-refractivity contribution in [1.29, 1.82) is 0 Å². The van der Waals surface area contributed by atoms with E-state index >= 15 is 0 Å². The van der Waals surface area contributed by atoms with Gasteiger partial charge in [-0.1, -0.05) is 44.2 Å². The van der Waals surface area contributed by atoms with Crippen molar-refractivity contribution >= 4 is 23.1 Å². The molecule has 1 amide bonds. The van der Waals surface area contributed by atoms with Crippen molar-refractivity contribution < 1.29 is 9.53 Å². The van der Waals surface area contributed by atoms with Crippen molar-refractivity contribution in [3.05, 3.63) is 72.2 Å². The first kappa shape index (κ1) is 19.4. The molecule has 0 aliphatic carbocycles. The Kier molecular flexibility index (Phi) is 6.22. The van der Waals surface area contributed by atoms with Gasteiger partial charge < -0.3 is 15.4 Å². The molecule has 6 heteroatoms. The van der Waals surface area contributed by atoms with Gasteiger partial charge in [0.1, 0.15) is 23.6 Å². The molecule has 6 nitrogen and oxygen atoms in total. The summed E-state index contributed by atoms with van der Waals surface area (Å²) in [6.07, 6.45) is 1.38. The number of carbonyl (C=O) groups is 1. The lowest BCUT2D eigenvalue weighted by Crippen LogP contribution is -2.15. The van der Waals surface area contributed by atoms with Gasteiger partial charge in [-0.15, -0.1) is 0 Å². The van der Waals surface area contributed by atoms with Crippen LogP contribution >= 0.6 is 0 Å². The Hall–Kier alpha value is -3.41. The fourth-order valence-electron chi connectivity index (χ4n) is 2.84. The Morgan fingerprint density at radius 2 is 1.75 bits per heavy atom. The highest BCUT2D eigenvalue weighted by molar-refractivity contribution is 6.04. The largest absolute Gasteiger partial charge is 0.492 e. The van der Waals surface area contributed by atoms with Crippen LogP contribution < -0.4 is 15.4 Å². The number of carbonyl (C=O) groups excluding carboxylic acids is 1. The van der Waals surface area contributed by atoms with Crippen molar-refractivity contribution in [2.75, 3.05) is 17.2 Å². The zero-order chi connectivity index (χ0) is 19.9. The summed E-state index contributed by atoms with van der Waals surface area (Å²) >= 11 is 0. The minimum atomic E-state index is -0.324. The third kappa shape index (κ3) is 4.65. The van der Waals surface area contributed by atoms with Crippen LogP contribution in [0.25, 0.3) is 0 Å². The maximum atomic E-state index is 12.7. The number of benzene rings is 2. The van der Waals surface area contributed by atoms with E-state index in [4.69, 9.17) is 4.74 Å². The first-order valence-electron chi connectivity index (χ1n) is 9.29. The van der Waals surface area contributed by atoms with Crippen LogP contribution in [-0.4, -0.2) is 22.5 Å². The predicted octanol–water partition coefficient (Wildman–Crippen LogP) is 4.99. The molecule has 1 aromatic heterocycles. The molecule has 0 unspecified atom stereocenters. The number of amides is 1. The molecule has 3 rings (SSSR count). The number of aromatic nitrogens is 2. The fraction of sp³-hybridized carbons (Fsp3) is 0.227. The maximum Gasteiger partial charge on any atom is 0.274 e. The van der Waals surface area contributed by atoms with E-state index in [1.54, 1.807) is 12.1 Å². The standard InChI is InChI=1S/C22H24N4O2/c1-4-28-20-12-8-7-11-18(20)26-22(27)19-13-21(24-14-23-19)25-17-10-6-5-9-16(17)15(2)3/h5-15H,4H2,1-3H3,(H,26,27)(H,23,24,25). The highest BCUT2D eigenvalue weighted by Crippen LogP contribution is 2.27. The van der Waals surface area contributed by atoms with Crippen LogP contribution in [0.3, 0.4) is 0 Å². The van der Waals surface area contributed by atoms with Crippen molar-refractivity contribution in [1.82, 2.24) is 9.97 Å². The van der Waals surface area contributed by atoms with Gasteiger partial charge in [-0.05, 0) is 36.6 Å². The van der Waals surface area contributed by atoms with Crippen LogP contribution in [0.1, 0.15) is 42.7 Å². The highest BCUT2D eigenvalue weighted by Gasteiger charge is 2.13. The fourth-order valence-corrected chi connectivity index (χ4v) is 2.84. The van der Waals surface area contributed by atoms with E-state index < -0.39 is 0 Å². The predicted molar refractivity (Wildman–Crippen MR) is 111 cm³/mol. The number of hydrogen-bond donors (Lipinski definition) is 2. The summed E-state index contributed by atoms with van der Waals surface area (Å²) in [7, 11) is 0. The van der Waals surface area contributed by atoms with Gasteiger partial charge in [0.2, 0.25) is 0 Å². The van der Waals surface area contributed by atoms with Crippen LogP contribution in [0.15, 0.2) is 60.9 Å². The molecule has 0 saturated heterocycles. The van der Waals surface area contributed by atoms with Crippen molar-refractivity contribution in [2.24, 2.45) is 0 Å². The van der Waals surface area contributed by atoms with Gasteiger partial charge in [0.05, 0.1) is 12.3 Å². The first-order chi connectivity index (χ1) is 13.6. The van der Waals surface area contributed by atoms with Gasteiger partial charge in [0, 0.05) is 11.8 Å². The number of hydrogen-bond acceptors (Lipinski definition) is 5. The number of rotatable bonds is 7. The molecule has 1 heterocycles. The first-order valence-corrected chi connectivity index (χ1v) is 9.29. The van der Waals surface area contributed by atoms with E-state index in [2.05, 4.69) is 40.5 Å². The van der Waals surface area contributed by atoms with Crippen molar-refractivity contribution in [3.8, 4) is 5.75 Å². The zero-order valence-electron chi connectivity index (χ0n) is 16.3. The molecule has 0 aliphatic heterocycles. The SMILES string of the molecule is CCOc1ccccc1NC(=O)c1cc(Nc2ccccc2C(C)C)ncn1. The van der Waals surface area contributed by atoms with E-state index in [0.717, 1.165) is 5.69 Å². The minimum absolute atomic E-state index is 0.269. The molecule has 2 aromatic carbocycles. The third-order valence-electron chi connectivity index (χ3n) is 4.18. The summed E-state index contributed by atoms with van der Waals surface area (Å²) < 4.78 is 5.55. The van der Waals surface area contributed by atoms with Gasteiger partial charge in [0.25, 0.3) is 5.91 Å². The Bertz CT molecular complexity index is 957. The topological polar surface area (TPSA) is 76.1 Å². The van der Waals surface area contributed by atoms with E-state index in [1.165, 1.54) is 11.9 Å². The molecule has 0 atom stereocenters. The van der Waals surface area contributed by atoms with Gasteiger partial charge in [0.15, 0.2) is 0 Å². The number of para-hydroxylation sites is 3. The Morgan fingerprint density at radius 3 is 2.50 bits per heavy atom. The van der Waals surface area contributed by atoms with E-state index in [1.807, 2.05) is 43.3 Å². The quantitative estimate of drug-likeness (QED) is 0.607. The normalized spacial score (nSPS) is 10.6. The number of anilines is 3. The number of nitrogens with one attached hydrogen (secondary N) is 2. The summed E-state index contributed by atoms with van der Waals surface area (Å²) in [4.78, 5) is 21.0. The van der Waals surface area contributed by atoms with Crippen LogP contribution in [0.5, 0.6) is 5.75 Å².